The Morgan fingerprint density at radius 2 is 2.18 bits per heavy atom. The quantitative estimate of drug-likeness (QED) is 0.832. The zero-order valence-corrected chi connectivity index (χ0v) is 10.0. The molecular weight excluding hydrogens is 220 g/mol. The van der Waals surface area contributed by atoms with Crippen LogP contribution in [0.5, 0.6) is 0 Å². The molecule has 2 heterocycles. The number of nitrogens with zero attached hydrogens (tertiary/aromatic N) is 2. The van der Waals surface area contributed by atoms with E-state index >= 15 is 0 Å². The number of rotatable bonds is 2. The standard InChI is InChI=1S/C12H16N2O3/c1-12(11(16)17)5-7-14(8-12)10(15)9-4-3-6-13(9)2/h3-4,6H,5,7-8H2,1-2H3,(H,16,17)/t12-/m0/s1. The second kappa shape index (κ2) is 3.91. The van der Waals surface area contributed by atoms with E-state index in [1.807, 2.05) is 0 Å². The summed E-state index contributed by atoms with van der Waals surface area (Å²) in [7, 11) is 1.81. The fourth-order valence-electron chi connectivity index (χ4n) is 2.15. The zero-order chi connectivity index (χ0) is 12.6. The first-order valence-electron chi connectivity index (χ1n) is 5.58. The largest absolute Gasteiger partial charge is 0.481 e. The van der Waals surface area contributed by atoms with Gasteiger partial charge in [-0.1, -0.05) is 0 Å². The first-order valence-corrected chi connectivity index (χ1v) is 5.58. The molecule has 0 spiro atoms. The Bertz CT molecular complexity index is 466. The van der Waals surface area contributed by atoms with Gasteiger partial charge in [-0.3, -0.25) is 9.59 Å². The van der Waals surface area contributed by atoms with Gasteiger partial charge in [0.2, 0.25) is 0 Å². The topological polar surface area (TPSA) is 62.5 Å². The average molecular weight is 236 g/mol. The summed E-state index contributed by atoms with van der Waals surface area (Å²) in [5.74, 6) is -0.929. The van der Waals surface area contributed by atoms with Crippen LogP contribution in [0.3, 0.4) is 0 Å². The molecule has 1 aliphatic rings. The number of carboxylic acid groups (broad SMARTS) is 1. The number of carbonyl (C=O) groups is 2. The summed E-state index contributed by atoms with van der Waals surface area (Å²) in [5, 5.41) is 9.11. The van der Waals surface area contributed by atoms with Crippen LogP contribution in [-0.2, 0) is 11.8 Å². The van der Waals surface area contributed by atoms with Gasteiger partial charge in [-0.2, -0.15) is 0 Å². The molecule has 0 saturated carbocycles. The third-order valence-corrected chi connectivity index (χ3v) is 3.44. The van der Waals surface area contributed by atoms with Crippen molar-refractivity contribution in [1.29, 1.82) is 0 Å². The maximum atomic E-state index is 12.2. The highest BCUT2D eigenvalue weighted by atomic mass is 16.4. The summed E-state index contributed by atoms with van der Waals surface area (Å²) in [6, 6.07) is 3.55. The van der Waals surface area contributed by atoms with E-state index in [9.17, 15) is 9.59 Å². The van der Waals surface area contributed by atoms with Crippen LogP contribution in [0.15, 0.2) is 18.3 Å². The summed E-state index contributed by atoms with van der Waals surface area (Å²) in [5.41, 5.74) is -0.208. The van der Waals surface area contributed by atoms with E-state index < -0.39 is 11.4 Å². The van der Waals surface area contributed by atoms with Crippen molar-refractivity contribution in [1.82, 2.24) is 9.47 Å². The summed E-state index contributed by atoms with van der Waals surface area (Å²) < 4.78 is 1.75. The fraction of sp³-hybridized carbons (Fsp3) is 0.500. The van der Waals surface area contributed by atoms with Crippen LogP contribution < -0.4 is 0 Å². The Labute approximate surface area is 99.6 Å². The second-order valence-corrected chi connectivity index (χ2v) is 4.85. The lowest BCUT2D eigenvalue weighted by atomic mass is 9.90. The number of aliphatic carboxylic acids is 1. The Morgan fingerprint density at radius 1 is 1.47 bits per heavy atom. The second-order valence-electron chi connectivity index (χ2n) is 4.85. The van der Waals surface area contributed by atoms with Crippen molar-refractivity contribution < 1.29 is 14.7 Å². The summed E-state index contributed by atoms with van der Waals surface area (Å²) in [6.07, 6.45) is 2.32. The Hall–Kier alpha value is -1.78. The highest BCUT2D eigenvalue weighted by Crippen LogP contribution is 2.30. The van der Waals surface area contributed by atoms with E-state index in [0.29, 0.717) is 18.7 Å². The molecule has 17 heavy (non-hydrogen) atoms. The van der Waals surface area contributed by atoms with Crippen LogP contribution in [0.2, 0.25) is 0 Å². The van der Waals surface area contributed by atoms with Crippen molar-refractivity contribution in [3.05, 3.63) is 24.0 Å². The first-order chi connectivity index (χ1) is 7.94. The lowest BCUT2D eigenvalue weighted by Gasteiger charge is -2.20. The summed E-state index contributed by atoms with van der Waals surface area (Å²) in [4.78, 5) is 24.9. The number of likely N-dealkylation sites (tertiary alicyclic amines) is 1. The molecule has 92 valence electrons. The molecule has 1 amide bonds. The number of amides is 1. The Kier molecular flexibility index (Phi) is 2.69. The third-order valence-electron chi connectivity index (χ3n) is 3.44. The minimum atomic E-state index is -0.834. The molecule has 0 bridgehead atoms. The Morgan fingerprint density at radius 3 is 2.65 bits per heavy atom. The summed E-state index contributed by atoms with van der Waals surface area (Å²) >= 11 is 0. The molecule has 1 aromatic heterocycles. The number of hydrogen-bond donors (Lipinski definition) is 1. The molecule has 5 heteroatoms. The molecule has 1 N–H and O–H groups in total. The van der Waals surface area contributed by atoms with E-state index in [-0.39, 0.29) is 12.5 Å². The predicted molar refractivity (Wildman–Crippen MR) is 61.7 cm³/mol. The van der Waals surface area contributed by atoms with E-state index in [1.54, 1.807) is 41.8 Å². The first kappa shape index (κ1) is 11.7. The van der Waals surface area contributed by atoms with Crippen LogP contribution in [0, 0.1) is 5.41 Å². The van der Waals surface area contributed by atoms with Crippen LogP contribution >= 0.6 is 0 Å². The molecule has 1 fully saturated rings. The van der Waals surface area contributed by atoms with Gasteiger partial charge in [0.25, 0.3) is 5.91 Å². The van der Waals surface area contributed by atoms with Crippen LogP contribution in [0.1, 0.15) is 23.8 Å². The molecule has 5 nitrogen and oxygen atoms in total. The highest BCUT2D eigenvalue weighted by Gasteiger charge is 2.42. The number of aromatic nitrogens is 1. The van der Waals surface area contributed by atoms with E-state index in [1.165, 1.54) is 0 Å². The lowest BCUT2D eigenvalue weighted by molar-refractivity contribution is -0.147. The molecule has 1 atom stereocenters. The fourth-order valence-corrected chi connectivity index (χ4v) is 2.15. The van der Waals surface area contributed by atoms with E-state index in [0.717, 1.165) is 0 Å². The maximum absolute atomic E-state index is 12.2. The van der Waals surface area contributed by atoms with E-state index in [2.05, 4.69) is 0 Å². The molecule has 2 rings (SSSR count). The molecular formula is C12H16N2O3. The van der Waals surface area contributed by atoms with Gasteiger partial charge in [0.15, 0.2) is 0 Å². The van der Waals surface area contributed by atoms with E-state index in [4.69, 9.17) is 5.11 Å². The minimum Gasteiger partial charge on any atom is -0.481 e. The van der Waals surface area contributed by atoms with Gasteiger partial charge >= 0.3 is 5.97 Å². The lowest BCUT2D eigenvalue weighted by Crippen LogP contribution is -2.35. The van der Waals surface area contributed by atoms with Gasteiger partial charge in [-0.15, -0.1) is 0 Å². The van der Waals surface area contributed by atoms with Crippen LogP contribution in [0.25, 0.3) is 0 Å². The van der Waals surface area contributed by atoms with Gasteiger partial charge in [-0.05, 0) is 25.5 Å². The number of aryl methyl sites for hydroxylation is 1. The monoisotopic (exact) mass is 236 g/mol. The Balaban J connectivity index is 2.15. The number of hydrogen-bond acceptors (Lipinski definition) is 2. The van der Waals surface area contributed by atoms with Crippen molar-refractivity contribution in [2.75, 3.05) is 13.1 Å². The van der Waals surface area contributed by atoms with Gasteiger partial charge in [0, 0.05) is 26.3 Å². The maximum Gasteiger partial charge on any atom is 0.311 e. The van der Waals surface area contributed by atoms with Crippen molar-refractivity contribution in [3.63, 3.8) is 0 Å². The molecule has 0 aliphatic carbocycles. The van der Waals surface area contributed by atoms with Gasteiger partial charge in [-0.25, -0.2) is 0 Å². The average Bonchev–Trinajstić information content (AvgIpc) is 2.85. The number of carbonyl (C=O) groups excluding carboxylic acids is 1. The molecule has 1 aliphatic heterocycles. The number of carboxylic acids is 1. The molecule has 1 saturated heterocycles. The molecule has 0 aromatic carbocycles. The molecule has 0 radical (unpaired) electrons. The van der Waals surface area contributed by atoms with Crippen molar-refractivity contribution in [2.45, 2.75) is 13.3 Å². The van der Waals surface area contributed by atoms with Gasteiger partial charge in [0.05, 0.1) is 5.41 Å². The van der Waals surface area contributed by atoms with Crippen LogP contribution in [0.4, 0.5) is 0 Å². The minimum absolute atomic E-state index is 0.0949. The van der Waals surface area contributed by atoms with Gasteiger partial charge < -0.3 is 14.6 Å². The molecule has 0 unspecified atom stereocenters. The van der Waals surface area contributed by atoms with Crippen molar-refractivity contribution >= 4 is 11.9 Å². The predicted octanol–water partition coefficient (Wildman–Crippen LogP) is 0.962. The highest BCUT2D eigenvalue weighted by molar-refractivity contribution is 5.93. The normalized spacial score (nSPS) is 24.0. The zero-order valence-electron chi connectivity index (χ0n) is 10.0. The van der Waals surface area contributed by atoms with Gasteiger partial charge in [0.1, 0.15) is 5.69 Å². The van der Waals surface area contributed by atoms with Crippen molar-refractivity contribution in [2.24, 2.45) is 12.5 Å². The third kappa shape index (κ3) is 1.92. The van der Waals surface area contributed by atoms with Crippen molar-refractivity contribution in [3.8, 4) is 0 Å². The molecule has 1 aromatic rings. The SMILES string of the molecule is Cn1cccc1C(=O)N1CC[C@](C)(C(=O)O)C1. The summed E-state index contributed by atoms with van der Waals surface area (Å²) in [6.45, 7) is 2.48. The van der Waals surface area contributed by atoms with Crippen LogP contribution in [-0.4, -0.2) is 39.5 Å². The smallest absolute Gasteiger partial charge is 0.311 e.